The Balaban J connectivity index is 0.000000128. The van der Waals surface area contributed by atoms with E-state index < -0.39 is 35.7 Å². The fourth-order valence-corrected chi connectivity index (χ4v) is 22.9. The maximum atomic E-state index is 11.9. The number of ether oxygens (including phenoxy) is 6. The summed E-state index contributed by atoms with van der Waals surface area (Å²) in [5.41, 5.74) is 22.9. The largest absolute Gasteiger partial charge is 0.485 e. The molecule has 680 valence electrons. The number of carboxylic acids is 3. The van der Waals surface area contributed by atoms with E-state index in [-0.39, 0.29) is 48.2 Å². The summed E-state index contributed by atoms with van der Waals surface area (Å²) >= 11 is 0.250. The molecular formula is C109H129FN6O12S. The molecule has 3 spiro atoms. The van der Waals surface area contributed by atoms with Gasteiger partial charge >= 0.3 is 17.9 Å². The predicted molar refractivity (Wildman–Crippen MR) is 503 cm³/mol. The topological polar surface area (TPSA) is 216 Å². The number of rotatable bonds is 27. The molecule has 9 aromatic rings. The molecule has 3 saturated heterocycles. The number of halogens is 1. The van der Waals surface area contributed by atoms with Gasteiger partial charge < -0.3 is 43.7 Å². The number of likely N-dealkylation sites (tertiary alicyclic amines) is 3. The molecule has 3 unspecified atom stereocenters. The molecule has 6 aliphatic carbocycles. The van der Waals surface area contributed by atoms with Crippen LogP contribution in [0.5, 0.6) is 34.9 Å². The van der Waals surface area contributed by atoms with Gasteiger partial charge in [0, 0.05) is 91.4 Å². The van der Waals surface area contributed by atoms with Gasteiger partial charge in [-0.15, -0.1) is 0 Å². The number of carboxylic acid groups (broad SMARTS) is 3. The van der Waals surface area contributed by atoms with Crippen molar-refractivity contribution in [2.45, 2.75) is 266 Å². The number of benzene rings is 6. The van der Waals surface area contributed by atoms with E-state index in [9.17, 15) is 33.6 Å². The number of aromatic nitrogens is 3. The van der Waals surface area contributed by atoms with Crippen molar-refractivity contribution in [1.82, 2.24) is 29.7 Å². The molecule has 6 aliphatic heterocycles. The molecule has 12 aliphatic rings. The second-order valence-electron chi connectivity index (χ2n) is 39.5. The van der Waals surface area contributed by atoms with Crippen molar-refractivity contribution in [3.05, 3.63) is 231 Å². The Morgan fingerprint density at radius 3 is 0.907 bits per heavy atom. The fourth-order valence-electron chi connectivity index (χ4n) is 22.9. The van der Waals surface area contributed by atoms with Gasteiger partial charge in [0.05, 0.1) is 39.1 Å². The first-order valence-electron chi connectivity index (χ1n) is 48.1. The van der Waals surface area contributed by atoms with E-state index in [0.29, 0.717) is 52.0 Å². The van der Waals surface area contributed by atoms with E-state index in [4.69, 9.17) is 28.4 Å². The Bertz CT molecular complexity index is 5000. The molecule has 21 rings (SSSR count). The van der Waals surface area contributed by atoms with Crippen LogP contribution in [0.3, 0.4) is 0 Å². The van der Waals surface area contributed by atoms with Crippen LogP contribution in [-0.2, 0) is 53.3 Å². The van der Waals surface area contributed by atoms with Crippen LogP contribution in [0.25, 0.3) is 33.4 Å². The van der Waals surface area contributed by atoms with Gasteiger partial charge in [-0.25, -0.2) is 15.0 Å². The number of pyridine rings is 3. The van der Waals surface area contributed by atoms with Crippen molar-refractivity contribution in [1.29, 1.82) is 0 Å². The zero-order valence-electron chi connectivity index (χ0n) is 76.3. The average Bonchev–Trinajstić information content (AvgIpc) is 1.61. The number of fused-ring (bicyclic) bond motifs is 3. The van der Waals surface area contributed by atoms with Gasteiger partial charge in [-0.1, -0.05) is 113 Å². The summed E-state index contributed by atoms with van der Waals surface area (Å²) < 4.78 is 47.0. The summed E-state index contributed by atoms with van der Waals surface area (Å²) in [4.78, 5) is 57.0. The van der Waals surface area contributed by atoms with Gasteiger partial charge in [-0.2, -0.15) is 3.89 Å². The molecule has 0 radical (unpaired) electrons. The third-order valence-electron chi connectivity index (χ3n) is 31.3. The van der Waals surface area contributed by atoms with Gasteiger partial charge in [-0.3, -0.25) is 29.1 Å². The fraction of sp³-hybridized carbons (Fsp3) is 0.505. The molecule has 18 nitrogen and oxygen atoms in total. The quantitative estimate of drug-likeness (QED) is 0.0436. The number of methoxy groups -OCH3 is 3. The van der Waals surface area contributed by atoms with Crippen LogP contribution < -0.4 is 28.4 Å². The van der Waals surface area contributed by atoms with Crippen molar-refractivity contribution in [2.24, 2.45) is 35.5 Å². The molecule has 0 amide bonds. The van der Waals surface area contributed by atoms with Gasteiger partial charge in [0.2, 0.25) is 17.6 Å². The number of aryl methyl sites for hydroxylation is 3. The van der Waals surface area contributed by atoms with E-state index in [2.05, 4.69) is 139 Å². The van der Waals surface area contributed by atoms with Gasteiger partial charge in [0.15, 0.2) is 0 Å². The Labute approximate surface area is 765 Å². The third-order valence-corrected chi connectivity index (χ3v) is 31.3. The second-order valence-corrected chi connectivity index (χ2v) is 39.8. The Hall–Kier alpha value is -9.86. The summed E-state index contributed by atoms with van der Waals surface area (Å²) in [5.74, 6) is 2.78. The van der Waals surface area contributed by atoms with Crippen molar-refractivity contribution in [3.63, 3.8) is 0 Å². The Morgan fingerprint density at radius 2 is 0.659 bits per heavy atom. The maximum absolute atomic E-state index is 11.9. The Kier molecular flexibility index (Phi) is 27.1. The number of nitrogens with zero attached hydrogens (tertiary/aromatic N) is 6. The first-order valence-corrected chi connectivity index (χ1v) is 49.2. The molecule has 129 heavy (non-hydrogen) atoms. The minimum Gasteiger partial charge on any atom is -0.485 e. The van der Waals surface area contributed by atoms with Crippen LogP contribution >= 0.6 is 12.1 Å². The number of piperidine rings is 3. The molecule has 6 aromatic carbocycles. The minimum absolute atomic E-state index is 0.0278. The third kappa shape index (κ3) is 20.2. The lowest BCUT2D eigenvalue weighted by molar-refractivity contribution is -0.143. The number of hydrogen-bond donors (Lipinski definition) is 3. The van der Waals surface area contributed by atoms with E-state index >= 15 is 0 Å². The predicted octanol–water partition coefficient (Wildman–Crippen LogP) is 23.9. The normalized spacial score (nSPS) is 22.2. The zero-order chi connectivity index (χ0) is 89.2. The highest BCUT2D eigenvalue weighted by Gasteiger charge is 2.52. The molecular weight excluding hydrogens is 1640 g/mol. The highest BCUT2D eigenvalue weighted by atomic mass is 32.2. The van der Waals surface area contributed by atoms with E-state index in [1.807, 2.05) is 75.8 Å². The summed E-state index contributed by atoms with van der Waals surface area (Å²) in [6.45, 7) is 11.9. The SMILES string of the molecule is COc1cc(-c2ccc(C3CCc4ccc([C@H](C5CC5)[C@H](C)C(=O)O)cc4O3)c(CN3CCCCC34CC4)c2)ccn1.COc1cc(-c2ccc(C3CCc4ccc([C@H](C5CC5)[C@H](C)C(=O)O)cc4O3)c(CN3CCCCC34CC4)c2)ccn1.COc1cc(-c2ccc(C3CCc4ccc([C@H](C5CC5)[C@H](C)C(=O)O)cc4O3)c(CN3CCCCC34CC4)c2)ccn1.CSF. The van der Waals surface area contributed by atoms with Crippen molar-refractivity contribution >= 4 is 30.1 Å². The van der Waals surface area contributed by atoms with E-state index in [0.717, 1.165) is 167 Å². The highest BCUT2D eigenvalue weighted by Crippen LogP contribution is 2.56. The van der Waals surface area contributed by atoms with Crippen LogP contribution in [0.1, 0.15) is 278 Å². The second kappa shape index (κ2) is 38.9. The lowest BCUT2D eigenvalue weighted by Gasteiger charge is -2.37. The van der Waals surface area contributed by atoms with Crippen LogP contribution in [0, 0.1) is 35.5 Å². The monoisotopic (exact) mass is 1760 g/mol. The van der Waals surface area contributed by atoms with Gasteiger partial charge in [-0.05, 0) is 364 Å². The minimum atomic E-state index is -0.717. The molecule has 3 aromatic heterocycles. The van der Waals surface area contributed by atoms with Crippen molar-refractivity contribution in [2.75, 3.05) is 47.2 Å². The van der Waals surface area contributed by atoms with E-state index in [1.165, 1.54) is 169 Å². The molecule has 9 fully saturated rings. The number of hydrogen-bond acceptors (Lipinski definition) is 16. The lowest BCUT2D eigenvalue weighted by Crippen LogP contribution is -2.41. The van der Waals surface area contributed by atoms with Crippen LogP contribution in [-0.4, -0.2) is 127 Å². The van der Waals surface area contributed by atoms with Crippen LogP contribution in [0.15, 0.2) is 164 Å². The summed E-state index contributed by atoms with van der Waals surface area (Å²) in [6, 6.07) is 52.2. The number of aliphatic carboxylic acids is 3. The zero-order valence-corrected chi connectivity index (χ0v) is 77.2. The van der Waals surface area contributed by atoms with Crippen LogP contribution in [0.2, 0.25) is 0 Å². The first-order chi connectivity index (χ1) is 62.7. The molecule has 9 heterocycles. The van der Waals surface area contributed by atoms with Crippen molar-refractivity contribution in [3.8, 4) is 68.3 Å². The average molecular weight is 1770 g/mol. The molecule has 9 atom stereocenters. The lowest BCUT2D eigenvalue weighted by atomic mass is 9.82. The summed E-state index contributed by atoms with van der Waals surface area (Å²) in [5, 5.41) is 29.4. The molecule has 6 saturated carbocycles. The first kappa shape index (κ1) is 89.7. The number of carbonyl (C=O) groups is 3. The molecule has 0 bridgehead atoms. The highest BCUT2D eigenvalue weighted by molar-refractivity contribution is 7.93. The molecule has 20 heteroatoms. The summed E-state index contributed by atoms with van der Waals surface area (Å²) in [6.07, 6.45) is 38.7. The van der Waals surface area contributed by atoms with E-state index in [1.54, 1.807) is 21.3 Å². The smallest absolute Gasteiger partial charge is 0.306 e. The standard InChI is InChI=1S/3C36H42N2O4.CH3FS/c3*1-23(35(39)40)34(25-6-7-25)28-8-5-24-10-12-31(42-32(24)20-28)30-11-9-26(27-13-17-37-33(21-27)41-2)19-29(30)22-38-18-4-3-14-36(38)15-16-36;1-3-2/h3*5,8-9,11,13,17,19-21,23,25,31,34H,3-4,6-7,10,12,14-16,18,22H2,1-2H3,(H,39,40);1H3/t3*23-,31?,34-;/m000./s1. The van der Waals surface area contributed by atoms with Gasteiger partial charge in [0.25, 0.3) is 0 Å². The van der Waals surface area contributed by atoms with Crippen LogP contribution in [0.4, 0.5) is 3.89 Å². The van der Waals surface area contributed by atoms with Crippen molar-refractivity contribution < 1.29 is 62.0 Å². The van der Waals surface area contributed by atoms with Gasteiger partial charge in [0.1, 0.15) is 35.6 Å². The molecule has 3 N–H and O–H groups in total. The Morgan fingerprint density at radius 1 is 0.388 bits per heavy atom. The summed E-state index contributed by atoms with van der Waals surface area (Å²) in [7, 11) is 4.97. The maximum Gasteiger partial charge on any atom is 0.306 e.